The highest BCUT2D eigenvalue weighted by Crippen LogP contribution is 2.52. The molecule has 0 radical (unpaired) electrons. The van der Waals surface area contributed by atoms with E-state index in [1.54, 1.807) is 5.19 Å². The van der Waals surface area contributed by atoms with Crippen LogP contribution < -0.4 is 15.1 Å². The Bertz CT molecular complexity index is 2110. The number of rotatable bonds is 8. The van der Waals surface area contributed by atoms with Crippen molar-refractivity contribution in [2.24, 2.45) is 0 Å². The molecule has 1 nitrogen and oxygen atoms in total. The van der Waals surface area contributed by atoms with Crippen LogP contribution in [0.2, 0.25) is 26.2 Å². The third kappa shape index (κ3) is 7.15. The summed E-state index contributed by atoms with van der Waals surface area (Å²) in [5.74, 6) is 1.12. The van der Waals surface area contributed by atoms with Crippen molar-refractivity contribution in [1.82, 2.24) is 0 Å². The Hall–Kier alpha value is -3.93. The number of ether oxygens (including phenoxy) is 1. The Kier molecular flexibility index (Phi) is 10.5. The van der Waals surface area contributed by atoms with E-state index in [9.17, 15) is 0 Å². The van der Waals surface area contributed by atoms with E-state index in [0.29, 0.717) is 6.61 Å². The van der Waals surface area contributed by atoms with E-state index in [-0.39, 0.29) is 21.8 Å². The van der Waals surface area contributed by atoms with Gasteiger partial charge < -0.3 is 4.74 Å². The van der Waals surface area contributed by atoms with Crippen molar-refractivity contribution in [3.8, 4) is 39.1 Å². The van der Waals surface area contributed by atoms with Crippen molar-refractivity contribution in [2.45, 2.75) is 117 Å². The third-order valence-corrected chi connectivity index (χ3v) is 17.4. The summed E-state index contributed by atoms with van der Waals surface area (Å²) in [5.41, 5.74) is 16.8. The maximum absolute atomic E-state index is 6.94. The molecule has 0 spiro atoms. The Morgan fingerprint density at radius 1 is 0.648 bits per heavy atom. The SMILES string of the molecule is C=CCOc1c([Si](C)(C)C2c3cc(-c4ccccc4C(C)(C)C)ccc3-c3ccc(-c4ccccc4C(C)(C)C)cc32)cc(C)c([SiH](C)C)c1C(C)(C)C. The Labute approximate surface area is 330 Å². The highest BCUT2D eigenvalue weighted by Gasteiger charge is 2.45. The Morgan fingerprint density at radius 3 is 1.52 bits per heavy atom. The molecular weight excluding hydrogens is 685 g/mol. The number of benzene rings is 5. The van der Waals surface area contributed by atoms with Crippen molar-refractivity contribution in [1.29, 1.82) is 0 Å². The molecule has 0 aliphatic heterocycles. The first-order chi connectivity index (χ1) is 25.2. The van der Waals surface area contributed by atoms with Crippen LogP contribution in [0, 0.1) is 6.92 Å². The molecular formula is C51H64OSi2. The van der Waals surface area contributed by atoms with Crippen molar-refractivity contribution >= 4 is 27.2 Å². The lowest BCUT2D eigenvalue weighted by Gasteiger charge is -2.38. The molecule has 0 amide bonds. The van der Waals surface area contributed by atoms with Gasteiger partial charge in [-0.15, -0.1) is 0 Å². The lowest BCUT2D eigenvalue weighted by atomic mass is 9.81. The van der Waals surface area contributed by atoms with Crippen molar-refractivity contribution < 1.29 is 4.74 Å². The molecule has 0 aromatic heterocycles. The molecule has 0 heterocycles. The molecule has 54 heavy (non-hydrogen) atoms. The summed E-state index contributed by atoms with van der Waals surface area (Å²) in [5, 5.41) is 2.99. The maximum atomic E-state index is 6.94. The van der Waals surface area contributed by atoms with Gasteiger partial charge in [-0.25, -0.2) is 0 Å². The lowest BCUT2D eigenvalue weighted by Crippen LogP contribution is -2.51. The van der Waals surface area contributed by atoms with Gasteiger partial charge in [0.15, 0.2) is 0 Å². The molecule has 0 fully saturated rings. The van der Waals surface area contributed by atoms with Gasteiger partial charge in [0.05, 0.1) is 16.9 Å². The summed E-state index contributed by atoms with van der Waals surface area (Å²) in [6, 6.07) is 35.3. The van der Waals surface area contributed by atoms with Crippen LogP contribution in [0.1, 0.15) is 101 Å². The summed E-state index contributed by atoms with van der Waals surface area (Å²) in [7, 11) is -3.63. The quantitative estimate of drug-likeness (QED) is 0.113. The minimum absolute atomic E-state index is 0.0289. The fraction of sp³-hybridized carbons (Fsp3) is 0.373. The van der Waals surface area contributed by atoms with Gasteiger partial charge in [0.25, 0.3) is 0 Å². The van der Waals surface area contributed by atoms with Crippen LogP contribution in [-0.4, -0.2) is 23.5 Å². The van der Waals surface area contributed by atoms with Gasteiger partial charge in [0, 0.05) is 5.54 Å². The topological polar surface area (TPSA) is 9.23 Å². The molecule has 0 saturated carbocycles. The minimum Gasteiger partial charge on any atom is -0.489 e. The molecule has 5 aromatic rings. The molecule has 1 aliphatic rings. The van der Waals surface area contributed by atoms with Gasteiger partial charge in [0.2, 0.25) is 0 Å². The van der Waals surface area contributed by atoms with E-state index >= 15 is 0 Å². The van der Waals surface area contributed by atoms with Gasteiger partial charge in [-0.05, 0) is 89.6 Å². The first kappa shape index (κ1) is 39.8. The van der Waals surface area contributed by atoms with Crippen LogP contribution in [-0.2, 0) is 16.2 Å². The molecule has 282 valence electrons. The molecule has 0 N–H and O–H groups in total. The van der Waals surface area contributed by atoms with Crippen molar-refractivity contribution in [3.63, 3.8) is 0 Å². The minimum atomic E-state index is -2.43. The van der Waals surface area contributed by atoms with E-state index in [0.717, 1.165) is 5.75 Å². The van der Waals surface area contributed by atoms with Crippen LogP contribution in [0.3, 0.4) is 0 Å². The fourth-order valence-corrected chi connectivity index (χ4v) is 15.2. The van der Waals surface area contributed by atoms with Gasteiger partial charge in [-0.1, -0.05) is 203 Å². The monoisotopic (exact) mass is 748 g/mol. The maximum Gasteiger partial charge on any atom is 0.122 e. The molecule has 5 aromatic carbocycles. The summed E-state index contributed by atoms with van der Waals surface area (Å²) >= 11 is 0. The van der Waals surface area contributed by atoms with E-state index in [1.807, 2.05) is 6.08 Å². The molecule has 0 bridgehead atoms. The van der Waals surface area contributed by atoms with Crippen molar-refractivity contribution in [2.75, 3.05) is 6.61 Å². The standard InChI is InChI=1S/C51H64OSi2/c1-16-29-52-46-44(30-33(2)47(53(12)13)45(46)51(9,10)11)54(14,15)48-40-31-34(36-21-17-19-23-42(36)49(3,4)5)25-27-38(40)39-28-26-35(32-41(39)48)37-22-18-20-24-43(37)50(6,7)8/h16-28,30-32,48,53H,1,29H2,2-15H3. The van der Waals surface area contributed by atoms with Crippen LogP contribution in [0.5, 0.6) is 5.75 Å². The smallest absolute Gasteiger partial charge is 0.122 e. The highest BCUT2D eigenvalue weighted by molar-refractivity contribution is 6.92. The zero-order valence-corrected chi connectivity index (χ0v) is 37.9. The second kappa shape index (κ2) is 14.3. The van der Waals surface area contributed by atoms with E-state index in [1.165, 1.54) is 71.9 Å². The van der Waals surface area contributed by atoms with Gasteiger partial charge in [-0.2, -0.15) is 0 Å². The van der Waals surface area contributed by atoms with Crippen LogP contribution in [0.15, 0.2) is 104 Å². The predicted octanol–water partition coefficient (Wildman–Crippen LogP) is 12.7. The van der Waals surface area contributed by atoms with Gasteiger partial charge >= 0.3 is 0 Å². The van der Waals surface area contributed by atoms with Crippen molar-refractivity contribution in [3.05, 3.63) is 137 Å². The summed E-state index contributed by atoms with van der Waals surface area (Å²) in [6.45, 7) is 38.2. The molecule has 0 saturated heterocycles. The fourth-order valence-electron chi connectivity index (χ4n) is 9.38. The average Bonchev–Trinajstić information content (AvgIpc) is 3.43. The van der Waals surface area contributed by atoms with E-state index in [2.05, 4.69) is 193 Å². The normalized spacial score (nSPS) is 13.6. The lowest BCUT2D eigenvalue weighted by molar-refractivity contribution is 0.354. The van der Waals surface area contributed by atoms with Gasteiger partial charge in [0.1, 0.15) is 12.4 Å². The summed E-state index contributed by atoms with van der Waals surface area (Å²) in [6.07, 6.45) is 1.91. The number of fused-ring (bicyclic) bond motifs is 3. The predicted molar refractivity (Wildman–Crippen MR) is 243 cm³/mol. The van der Waals surface area contributed by atoms with Crippen LogP contribution in [0.4, 0.5) is 0 Å². The van der Waals surface area contributed by atoms with Gasteiger partial charge in [-0.3, -0.25) is 0 Å². The second-order valence-electron chi connectivity index (χ2n) is 19.7. The molecule has 0 atom stereocenters. The third-order valence-electron chi connectivity index (χ3n) is 11.7. The zero-order valence-electron chi connectivity index (χ0n) is 35.7. The Morgan fingerprint density at radius 2 is 1.11 bits per heavy atom. The molecule has 3 heteroatoms. The average molecular weight is 749 g/mol. The zero-order chi connectivity index (χ0) is 39.5. The highest BCUT2D eigenvalue weighted by atomic mass is 28.3. The summed E-state index contributed by atoms with van der Waals surface area (Å²) < 4.78 is 6.94. The number of hydrogen-bond acceptors (Lipinski definition) is 1. The van der Waals surface area contributed by atoms with Crippen LogP contribution in [0.25, 0.3) is 33.4 Å². The number of hydrogen-bond donors (Lipinski definition) is 0. The Balaban J connectivity index is 1.68. The molecule has 6 rings (SSSR count). The van der Waals surface area contributed by atoms with Crippen LogP contribution >= 0.6 is 0 Å². The first-order valence-corrected chi connectivity index (χ1v) is 26.0. The van der Waals surface area contributed by atoms with E-state index in [4.69, 9.17) is 4.74 Å². The second-order valence-corrected chi connectivity index (χ2v) is 27.2. The number of aryl methyl sites for hydroxylation is 1. The first-order valence-electron chi connectivity index (χ1n) is 20.1. The summed E-state index contributed by atoms with van der Waals surface area (Å²) in [4.78, 5) is 0. The molecule has 0 unspecified atom stereocenters. The largest absolute Gasteiger partial charge is 0.489 e. The van der Waals surface area contributed by atoms with E-state index < -0.39 is 16.9 Å². The molecule has 1 aliphatic carbocycles.